The third-order valence-electron chi connectivity index (χ3n) is 5.91. The number of hydrogen-bond donors (Lipinski definition) is 3. The van der Waals surface area contributed by atoms with Gasteiger partial charge in [0, 0.05) is 18.0 Å². The van der Waals surface area contributed by atoms with Crippen LogP contribution in [-0.4, -0.2) is 23.1 Å². The summed E-state index contributed by atoms with van der Waals surface area (Å²) in [5.74, 6) is 0. The number of nitrogens with one attached hydrogen (secondary N) is 2. The number of allylic oxidation sites excluding steroid dienone is 5. The lowest BCUT2D eigenvalue weighted by Gasteiger charge is -2.45. The Kier molecular flexibility index (Phi) is 8.01. The van der Waals surface area contributed by atoms with Crippen LogP contribution in [0.1, 0.15) is 70.6 Å². The second kappa shape index (κ2) is 9.89. The fourth-order valence-electron chi connectivity index (χ4n) is 5.21. The van der Waals surface area contributed by atoms with Crippen LogP contribution in [0.5, 0.6) is 0 Å². The Bertz CT molecular complexity index is 813. The summed E-state index contributed by atoms with van der Waals surface area (Å²) in [6.45, 7) is 17.0. The Labute approximate surface area is 183 Å². The highest BCUT2D eigenvalue weighted by Crippen LogP contribution is 2.45. The highest BCUT2D eigenvalue weighted by Gasteiger charge is 2.38. The molecular formula is C27H40N2O. The van der Waals surface area contributed by atoms with Gasteiger partial charge in [0.1, 0.15) is 6.23 Å². The van der Waals surface area contributed by atoms with Crippen molar-refractivity contribution in [3.05, 3.63) is 71.3 Å². The summed E-state index contributed by atoms with van der Waals surface area (Å²) in [5.41, 5.74) is 4.96. The topological polar surface area (TPSA) is 56.1 Å². The fraction of sp³-hybridized carbons (Fsp3) is 0.519. The number of hydrogen-bond acceptors (Lipinski definition) is 3. The van der Waals surface area contributed by atoms with Gasteiger partial charge in [-0.05, 0) is 55.1 Å². The quantitative estimate of drug-likeness (QED) is 0.276. The lowest BCUT2D eigenvalue weighted by atomic mass is 9.63. The van der Waals surface area contributed by atoms with Crippen molar-refractivity contribution in [1.29, 1.82) is 5.41 Å². The van der Waals surface area contributed by atoms with Crippen LogP contribution in [0.3, 0.4) is 0 Å². The molecule has 1 aliphatic rings. The van der Waals surface area contributed by atoms with Crippen molar-refractivity contribution in [2.24, 2.45) is 10.8 Å². The molecular weight excluding hydrogens is 368 g/mol. The molecule has 2 rings (SSSR count). The van der Waals surface area contributed by atoms with Gasteiger partial charge in [0.25, 0.3) is 0 Å². The van der Waals surface area contributed by atoms with E-state index >= 15 is 0 Å². The van der Waals surface area contributed by atoms with Crippen LogP contribution in [-0.2, 0) is 6.42 Å². The smallest absolute Gasteiger partial charge is 0.109 e. The molecule has 0 bridgehead atoms. The average Bonchev–Trinajstić information content (AvgIpc) is 2.58. The van der Waals surface area contributed by atoms with E-state index in [-0.39, 0.29) is 10.8 Å². The first-order valence-electron chi connectivity index (χ1n) is 11.0. The first kappa shape index (κ1) is 24.3. The minimum Gasteiger partial charge on any atom is -0.378 e. The maximum atomic E-state index is 10.9. The molecule has 3 N–H and O–H groups in total. The Morgan fingerprint density at radius 1 is 1.23 bits per heavy atom. The Morgan fingerprint density at radius 2 is 1.87 bits per heavy atom. The summed E-state index contributed by atoms with van der Waals surface area (Å²) < 4.78 is 0. The van der Waals surface area contributed by atoms with E-state index in [9.17, 15) is 5.11 Å². The minimum atomic E-state index is -0.627. The van der Waals surface area contributed by atoms with Crippen LogP contribution in [0, 0.1) is 23.2 Å². The van der Waals surface area contributed by atoms with Crippen LogP contribution >= 0.6 is 0 Å². The van der Waals surface area contributed by atoms with Gasteiger partial charge in [0.15, 0.2) is 0 Å². The molecule has 3 heteroatoms. The Morgan fingerprint density at radius 3 is 2.47 bits per heavy atom. The summed E-state index contributed by atoms with van der Waals surface area (Å²) in [6, 6.07) is 6.43. The van der Waals surface area contributed by atoms with Gasteiger partial charge < -0.3 is 5.11 Å². The third-order valence-corrected chi connectivity index (χ3v) is 5.91. The van der Waals surface area contributed by atoms with E-state index in [0.717, 1.165) is 35.1 Å². The van der Waals surface area contributed by atoms with Crippen molar-refractivity contribution in [2.75, 3.05) is 0 Å². The van der Waals surface area contributed by atoms with Gasteiger partial charge in [-0.15, -0.1) is 0 Å². The number of aryl methyl sites for hydroxylation is 1. The maximum Gasteiger partial charge on any atom is 0.109 e. The van der Waals surface area contributed by atoms with Gasteiger partial charge >= 0.3 is 0 Å². The third kappa shape index (κ3) is 7.07. The summed E-state index contributed by atoms with van der Waals surface area (Å²) in [4.78, 5) is 0. The minimum absolute atomic E-state index is 0.274. The lowest BCUT2D eigenvalue weighted by molar-refractivity contribution is 0.0456. The molecule has 1 atom stereocenters. The molecule has 1 saturated carbocycles. The summed E-state index contributed by atoms with van der Waals surface area (Å²) in [7, 11) is 0. The number of aliphatic hydroxyl groups is 1. The predicted octanol–water partition coefficient (Wildman–Crippen LogP) is 6.11. The molecule has 1 fully saturated rings. The highest BCUT2D eigenvalue weighted by atomic mass is 16.3. The molecule has 30 heavy (non-hydrogen) atoms. The molecule has 1 aliphatic carbocycles. The zero-order valence-corrected chi connectivity index (χ0v) is 19.7. The van der Waals surface area contributed by atoms with Crippen molar-refractivity contribution < 1.29 is 5.11 Å². The number of aliphatic hydroxyl groups excluding tert-OH is 1. The van der Waals surface area contributed by atoms with Crippen LogP contribution in [0.15, 0.2) is 54.7 Å². The van der Waals surface area contributed by atoms with E-state index < -0.39 is 6.23 Å². The first-order valence-corrected chi connectivity index (χ1v) is 11.0. The number of benzene rings is 1. The molecule has 0 heterocycles. The van der Waals surface area contributed by atoms with Crippen LogP contribution in [0.25, 0.3) is 0 Å². The summed E-state index contributed by atoms with van der Waals surface area (Å²) >= 11 is 0. The average molecular weight is 409 g/mol. The molecule has 1 aromatic carbocycles. The zero-order valence-electron chi connectivity index (χ0n) is 19.7. The largest absolute Gasteiger partial charge is 0.378 e. The van der Waals surface area contributed by atoms with Gasteiger partial charge in [-0.2, -0.15) is 0 Å². The molecule has 3 nitrogen and oxygen atoms in total. The van der Waals surface area contributed by atoms with Gasteiger partial charge in [-0.3, -0.25) is 10.7 Å². The van der Waals surface area contributed by atoms with E-state index in [2.05, 4.69) is 52.6 Å². The molecule has 0 spiro atoms. The van der Waals surface area contributed by atoms with E-state index in [4.69, 9.17) is 5.41 Å². The Balaban J connectivity index is 2.17. The van der Waals surface area contributed by atoms with Gasteiger partial charge in [0.2, 0.25) is 0 Å². The fourth-order valence-corrected chi connectivity index (χ4v) is 5.21. The maximum absolute atomic E-state index is 10.9. The normalized spacial score (nSPS) is 20.3. The van der Waals surface area contributed by atoms with E-state index in [1.54, 1.807) is 6.08 Å². The van der Waals surface area contributed by atoms with Crippen molar-refractivity contribution in [2.45, 2.75) is 79.5 Å². The lowest BCUT2D eigenvalue weighted by Crippen LogP contribution is -2.48. The van der Waals surface area contributed by atoms with E-state index in [1.165, 1.54) is 6.42 Å². The van der Waals surface area contributed by atoms with Gasteiger partial charge in [0.05, 0.1) is 5.71 Å². The van der Waals surface area contributed by atoms with Crippen molar-refractivity contribution in [3.63, 3.8) is 0 Å². The van der Waals surface area contributed by atoms with Crippen LogP contribution in [0.2, 0.25) is 0 Å². The van der Waals surface area contributed by atoms with Crippen molar-refractivity contribution in [3.8, 4) is 0 Å². The zero-order chi connectivity index (χ0) is 22.5. The predicted molar refractivity (Wildman–Crippen MR) is 129 cm³/mol. The SMILES string of the molecule is C=C/C=C\C=C(/C)C(=N)c1ccc(C)cc1CC(O)NC1CC(C)(C)CC(C)(C)C1. The summed E-state index contributed by atoms with van der Waals surface area (Å²) in [5, 5.41) is 23.0. The first-order chi connectivity index (χ1) is 13.9. The standard InChI is InChI=1S/C27H40N2O/c1-8-9-10-11-20(3)25(28)23-13-12-19(2)14-21(23)15-24(30)29-22-16-26(4,5)18-27(6,7)17-22/h8-14,22,24,28-30H,1,15-18H2,2-7H3/b10-9-,20-11+,28-25?. The molecule has 1 aromatic rings. The molecule has 0 aliphatic heterocycles. The van der Waals surface area contributed by atoms with Crippen molar-refractivity contribution in [1.82, 2.24) is 5.32 Å². The monoisotopic (exact) mass is 408 g/mol. The van der Waals surface area contributed by atoms with Crippen molar-refractivity contribution >= 4 is 5.71 Å². The summed E-state index contributed by atoms with van der Waals surface area (Å²) in [6.07, 6.45) is 10.6. The molecule has 1 unspecified atom stereocenters. The second-order valence-electron chi connectivity index (χ2n) is 10.5. The molecule has 0 saturated heterocycles. The van der Waals surface area contributed by atoms with Gasteiger partial charge in [-0.25, -0.2) is 0 Å². The molecule has 0 amide bonds. The second-order valence-corrected chi connectivity index (χ2v) is 10.5. The molecule has 0 radical (unpaired) electrons. The highest BCUT2D eigenvalue weighted by molar-refractivity contribution is 6.11. The van der Waals surface area contributed by atoms with E-state index in [0.29, 0.717) is 18.2 Å². The van der Waals surface area contributed by atoms with Crippen LogP contribution in [0.4, 0.5) is 0 Å². The molecule has 164 valence electrons. The van der Waals surface area contributed by atoms with E-state index in [1.807, 2.05) is 37.3 Å². The molecule has 0 aromatic heterocycles. The number of rotatable bonds is 8. The van der Waals surface area contributed by atoms with Gasteiger partial charge in [-0.1, -0.05) is 82.3 Å². The van der Waals surface area contributed by atoms with Crippen LogP contribution < -0.4 is 5.32 Å². The Hall–Kier alpha value is -1.97.